The third kappa shape index (κ3) is 4.20. The molecule has 5 nitrogen and oxygen atoms in total. The Morgan fingerprint density at radius 1 is 1.04 bits per heavy atom. The first-order valence-electron chi connectivity index (χ1n) is 7.04. The molecule has 0 saturated carbocycles. The first kappa shape index (κ1) is 15.3. The summed E-state index contributed by atoms with van der Waals surface area (Å²) in [5, 5.41) is 3.06. The number of nitrogens with zero attached hydrogens (tertiary/aromatic N) is 1. The Morgan fingerprint density at radius 2 is 1.74 bits per heavy atom. The van der Waals surface area contributed by atoms with E-state index in [2.05, 4.69) is 10.3 Å². The third-order valence-corrected chi connectivity index (χ3v) is 4.06. The number of benzene rings is 2. The molecule has 0 amide bonds. The summed E-state index contributed by atoms with van der Waals surface area (Å²) in [6.45, 7) is 0. The number of sulfone groups is 1. The summed E-state index contributed by atoms with van der Waals surface area (Å²) in [4.78, 5) is 4.20. The van der Waals surface area contributed by atoms with E-state index in [4.69, 9.17) is 4.42 Å². The minimum atomic E-state index is -3.03. The molecule has 0 unspecified atom stereocenters. The normalized spacial score (nSPS) is 11.3. The van der Waals surface area contributed by atoms with Gasteiger partial charge in [-0.1, -0.05) is 42.5 Å². The maximum absolute atomic E-state index is 11.3. The van der Waals surface area contributed by atoms with Gasteiger partial charge < -0.3 is 9.73 Å². The fourth-order valence-corrected chi connectivity index (χ4v) is 2.98. The van der Waals surface area contributed by atoms with Gasteiger partial charge in [0.05, 0.1) is 11.9 Å². The molecule has 1 aromatic heterocycles. The molecule has 6 heteroatoms. The van der Waals surface area contributed by atoms with Crippen LogP contribution in [0.15, 0.2) is 65.2 Å². The van der Waals surface area contributed by atoms with Gasteiger partial charge in [0.25, 0.3) is 6.01 Å². The molecule has 23 heavy (non-hydrogen) atoms. The van der Waals surface area contributed by atoms with Crippen LogP contribution in [-0.2, 0) is 15.6 Å². The van der Waals surface area contributed by atoms with Crippen molar-refractivity contribution in [2.45, 2.75) is 5.75 Å². The predicted molar refractivity (Wildman–Crippen MR) is 90.2 cm³/mol. The topological polar surface area (TPSA) is 72.2 Å². The molecule has 0 aliphatic rings. The van der Waals surface area contributed by atoms with Gasteiger partial charge in [-0.2, -0.15) is 0 Å². The van der Waals surface area contributed by atoms with Crippen LogP contribution in [0.2, 0.25) is 0 Å². The van der Waals surface area contributed by atoms with Crippen molar-refractivity contribution in [1.82, 2.24) is 4.98 Å². The lowest BCUT2D eigenvalue weighted by molar-refractivity contribution is 0.592. The Bertz CT molecular complexity index is 885. The van der Waals surface area contributed by atoms with Crippen LogP contribution >= 0.6 is 0 Å². The zero-order valence-electron chi connectivity index (χ0n) is 12.6. The smallest absolute Gasteiger partial charge is 0.299 e. The lowest BCUT2D eigenvalue weighted by Crippen LogP contribution is -2.00. The molecular formula is C17H16N2O3S. The van der Waals surface area contributed by atoms with Gasteiger partial charge >= 0.3 is 0 Å². The van der Waals surface area contributed by atoms with E-state index in [0.29, 0.717) is 11.8 Å². The second kappa shape index (κ2) is 6.26. The van der Waals surface area contributed by atoms with E-state index in [1.165, 1.54) is 6.26 Å². The van der Waals surface area contributed by atoms with Crippen molar-refractivity contribution in [2.24, 2.45) is 0 Å². The predicted octanol–water partition coefficient (Wildman–Crippen LogP) is 3.63. The molecule has 0 fully saturated rings. The van der Waals surface area contributed by atoms with Gasteiger partial charge in [0.2, 0.25) is 0 Å². The van der Waals surface area contributed by atoms with Gasteiger partial charge in [0, 0.05) is 17.5 Å². The van der Waals surface area contributed by atoms with Crippen LogP contribution in [0.4, 0.5) is 11.7 Å². The average molecular weight is 328 g/mol. The first-order valence-corrected chi connectivity index (χ1v) is 9.11. The van der Waals surface area contributed by atoms with Crippen molar-refractivity contribution in [2.75, 3.05) is 11.6 Å². The fourth-order valence-electron chi connectivity index (χ4n) is 2.18. The highest BCUT2D eigenvalue weighted by atomic mass is 32.2. The van der Waals surface area contributed by atoms with Crippen LogP contribution in [0.3, 0.4) is 0 Å². The molecule has 1 heterocycles. The molecule has 0 atom stereocenters. The minimum Gasteiger partial charge on any atom is -0.423 e. The number of nitrogens with one attached hydrogen (secondary N) is 1. The third-order valence-electron chi connectivity index (χ3n) is 3.20. The molecule has 118 valence electrons. The Kier molecular flexibility index (Phi) is 4.16. The second-order valence-corrected chi connectivity index (χ2v) is 7.43. The van der Waals surface area contributed by atoms with Crippen LogP contribution in [0.25, 0.3) is 11.3 Å². The van der Waals surface area contributed by atoms with Gasteiger partial charge in [-0.05, 0) is 17.7 Å². The Labute approximate surface area is 134 Å². The van der Waals surface area contributed by atoms with Crippen LogP contribution < -0.4 is 5.32 Å². The molecule has 0 aliphatic heterocycles. The average Bonchev–Trinajstić information content (AvgIpc) is 2.97. The molecule has 2 aromatic carbocycles. The lowest BCUT2D eigenvalue weighted by atomic mass is 10.2. The summed E-state index contributed by atoms with van der Waals surface area (Å²) in [7, 11) is -3.03. The van der Waals surface area contributed by atoms with Crippen molar-refractivity contribution in [3.63, 3.8) is 0 Å². The highest BCUT2D eigenvalue weighted by molar-refractivity contribution is 7.89. The summed E-state index contributed by atoms with van der Waals surface area (Å²) >= 11 is 0. The zero-order chi connectivity index (χ0) is 16.3. The van der Waals surface area contributed by atoms with E-state index in [-0.39, 0.29) is 5.75 Å². The van der Waals surface area contributed by atoms with Crippen molar-refractivity contribution in [3.05, 3.63) is 66.4 Å². The molecule has 0 aliphatic carbocycles. The number of hydrogen-bond donors (Lipinski definition) is 1. The largest absolute Gasteiger partial charge is 0.423 e. The van der Waals surface area contributed by atoms with Crippen molar-refractivity contribution in [3.8, 4) is 11.3 Å². The highest BCUT2D eigenvalue weighted by Crippen LogP contribution is 2.24. The Morgan fingerprint density at radius 3 is 2.39 bits per heavy atom. The van der Waals surface area contributed by atoms with E-state index in [9.17, 15) is 8.42 Å². The number of oxazole rings is 1. The molecule has 0 spiro atoms. The number of hydrogen-bond acceptors (Lipinski definition) is 5. The minimum absolute atomic E-state index is 0.0322. The molecule has 1 N–H and O–H groups in total. The van der Waals surface area contributed by atoms with E-state index in [1.54, 1.807) is 30.5 Å². The molecule has 0 radical (unpaired) electrons. The van der Waals surface area contributed by atoms with Crippen LogP contribution in [0, 0.1) is 0 Å². The van der Waals surface area contributed by atoms with Gasteiger partial charge in [-0.25, -0.2) is 13.4 Å². The molecular weight excluding hydrogens is 312 g/mol. The summed E-state index contributed by atoms with van der Waals surface area (Å²) in [6, 6.07) is 17.2. The van der Waals surface area contributed by atoms with E-state index >= 15 is 0 Å². The first-order chi connectivity index (χ1) is 11.0. The number of aromatic nitrogens is 1. The maximum atomic E-state index is 11.3. The van der Waals surface area contributed by atoms with Gasteiger partial charge in [-0.15, -0.1) is 0 Å². The summed E-state index contributed by atoms with van der Waals surface area (Å²) in [5.41, 5.74) is 2.48. The van der Waals surface area contributed by atoms with Gasteiger partial charge in [-0.3, -0.25) is 0 Å². The monoisotopic (exact) mass is 328 g/mol. The molecule has 3 rings (SSSR count). The fraction of sp³-hybridized carbons (Fsp3) is 0.118. The SMILES string of the molecule is CS(=O)(=O)Cc1ccc(Nc2ncc(-c3ccccc3)o2)cc1. The number of anilines is 2. The van der Waals surface area contributed by atoms with E-state index < -0.39 is 9.84 Å². The highest BCUT2D eigenvalue weighted by Gasteiger charge is 2.07. The Balaban J connectivity index is 1.72. The zero-order valence-corrected chi connectivity index (χ0v) is 13.4. The summed E-state index contributed by atoms with van der Waals surface area (Å²) < 4.78 is 28.2. The molecule has 3 aromatic rings. The van der Waals surface area contributed by atoms with Crippen LogP contribution in [-0.4, -0.2) is 19.7 Å². The maximum Gasteiger partial charge on any atom is 0.299 e. The summed E-state index contributed by atoms with van der Waals surface area (Å²) in [5.74, 6) is 0.714. The summed E-state index contributed by atoms with van der Waals surface area (Å²) in [6.07, 6.45) is 2.88. The van der Waals surface area contributed by atoms with Crippen molar-refractivity contribution in [1.29, 1.82) is 0 Å². The van der Waals surface area contributed by atoms with Crippen molar-refractivity contribution < 1.29 is 12.8 Å². The molecule has 0 bridgehead atoms. The van der Waals surface area contributed by atoms with E-state index in [0.717, 1.165) is 16.8 Å². The lowest BCUT2D eigenvalue weighted by Gasteiger charge is -2.04. The Hall–Kier alpha value is -2.60. The van der Waals surface area contributed by atoms with Crippen LogP contribution in [0.1, 0.15) is 5.56 Å². The van der Waals surface area contributed by atoms with Crippen LogP contribution in [0.5, 0.6) is 0 Å². The van der Waals surface area contributed by atoms with Gasteiger partial charge in [0.15, 0.2) is 15.6 Å². The van der Waals surface area contributed by atoms with Crippen molar-refractivity contribution >= 4 is 21.5 Å². The number of rotatable bonds is 5. The molecule has 0 saturated heterocycles. The van der Waals surface area contributed by atoms with Gasteiger partial charge in [0.1, 0.15) is 0 Å². The standard InChI is InChI=1S/C17H16N2O3S/c1-23(20,21)12-13-7-9-15(10-8-13)19-17-18-11-16(22-17)14-5-3-2-4-6-14/h2-11H,12H2,1H3,(H,18,19). The quantitative estimate of drug-likeness (QED) is 0.774. The second-order valence-electron chi connectivity index (χ2n) is 5.29. The van der Waals surface area contributed by atoms with E-state index in [1.807, 2.05) is 30.3 Å².